The molecule has 1 fully saturated rings. The van der Waals surface area contributed by atoms with E-state index in [1.807, 2.05) is 19.1 Å². The first kappa shape index (κ1) is 27.8. The average molecular weight is 586 g/mol. The van der Waals surface area contributed by atoms with E-state index in [-0.39, 0.29) is 39.4 Å². The van der Waals surface area contributed by atoms with Gasteiger partial charge in [-0.15, -0.1) is 0 Å². The summed E-state index contributed by atoms with van der Waals surface area (Å²) >= 11 is 0. The Balaban J connectivity index is 1.83. The number of pyridine rings is 1. The molecule has 1 saturated carbocycles. The van der Waals surface area contributed by atoms with Gasteiger partial charge in [-0.25, -0.2) is 25.9 Å². The Hall–Kier alpha value is -3.77. The number of aryl methyl sites for hydroxylation is 2. The molecule has 0 aliphatic heterocycles. The highest BCUT2D eigenvalue weighted by Crippen LogP contribution is 2.36. The SMILES string of the molecule is CCc1ccc2c(c1)c(-c1ccc[nH]c1=O)c(C(=O)NS(=O)(=O)C1CC1)n2Cc1cc(S(C)(=O)=O)c(C)cc1F. The number of fused-ring (bicyclic) bond motifs is 1. The van der Waals surface area contributed by atoms with Crippen molar-refractivity contribution in [3.8, 4) is 11.1 Å². The van der Waals surface area contributed by atoms with Crippen molar-refractivity contribution in [1.29, 1.82) is 0 Å². The van der Waals surface area contributed by atoms with Gasteiger partial charge >= 0.3 is 0 Å². The first-order chi connectivity index (χ1) is 18.8. The summed E-state index contributed by atoms with van der Waals surface area (Å²) in [6.45, 7) is 3.13. The lowest BCUT2D eigenvalue weighted by Crippen LogP contribution is -2.35. The number of sulfone groups is 1. The Morgan fingerprint density at radius 1 is 1.12 bits per heavy atom. The molecule has 0 unspecified atom stereocenters. The number of aromatic nitrogens is 2. The number of carbonyl (C=O) groups excluding carboxylic acids is 1. The predicted molar refractivity (Wildman–Crippen MR) is 150 cm³/mol. The van der Waals surface area contributed by atoms with Gasteiger partial charge < -0.3 is 9.55 Å². The van der Waals surface area contributed by atoms with E-state index in [0.717, 1.165) is 17.9 Å². The molecule has 1 aliphatic rings. The Labute approximate surface area is 231 Å². The number of amides is 1. The molecule has 0 radical (unpaired) electrons. The molecular formula is C28H28FN3O6S2. The lowest BCUT2D eigenvalue weighted by molar-refractivity contribution is 0.0973. The van der Waals surface area contributed by atoms with E-state index in [4.69, 9.17) is 0 Å². The fourth-order valence-corrected chi connectivity index (χ4v) is 7.22. The summed E-state index contributed by atoms with van der Waals surface area (Å²) < 4.78 is 69.2. The summed E-state index contributed by atoms with van der Waals surface area (Å²) in [6.07, 6.45) is 3.97. The van der Waals surface area contributed by atoms with Crippen molar-refractivity contribution in [1.82, 2.24) is 14.3 Å². The van der Waals surface area contributed by atoms with Crippen LogP contribution in [0.2, 0.25) is 0 Å². The second kappa shape index (κ2) is 10.0. The van der Waals surface area contributed by atoms with E-state index >= 15 is 4.39 Å². The molecule has 1 aliphatic carbocycles. The maximum Gasteiger partial charge on any atom is 0.282 e. The molecular weight excluding hydrogens is 557 g/mol. The van der Waals surface area contributed by atoms with Crippen LogP contribution in [-0.2, 0) is 32.8 Å². The molecule has 40 heavy (non-hydrogen) atoms. The minimum absolute atomic E-state index is 0.0184. The van der Waals surface area contributed by atoms with Gasteiger partial charge in [0.1, 0.15) is 11.5 Å². The molecule has 210 valence electrons. The van der Waals surface area contributed by atoms with Gasteiger partial charge in [-0.3, -0.25) is 9.59 Å². The molecule has 1 amide bonds. The van der Waals surface area contributed by atoms with Gasteiger partial charge in [-0.1, -0.05) is 13.0 Å². The molecule has 2 aromatic heterocycles. The molecule has 2 heterocycles. The molecule has 12 heteroatoms. The van der Waals surface area contributed by atoms with Crippen molar-refractivity contribution >= 4 is 36.7 Å². The highest BCUT2D eigenvalue weighted by molar-refractivity contribution is 7.91. The number of H-pyrrole nitrogens is 1. The molecule has 4 aromatic rings. The van der Waals surface area contributed by atoms with Crippen molar-refractivity contribution in [2.24, 2.45) is 0 Å². The molecule has 0 saturated heterocycles. The summed E-state index contributed by atoms with van der Waals surface area (Å²) in [5.74, 6) is -1.65. The maximum absolute atomic E-state index is 15.3. The first-order valence-electron chi connectivity index (χ1n) is 12.7. The van der Waals surface area contributed by atoms with Gasteiger partial charge in [-0.05, 0) is 73.7 Å². The Kier molecular flexibility index (Phi) is 6.95. The first-order valence-corrected chi connectivity index (χ1v) is 16.1. The van der Waals surface area contributed by atoms with Crippen LogP contribution < -0.4 is 10.3 Å². The third-order valence-corrected chi connectivity index (χ3v) is 10.2. The molecule has 2 aromatic carbocycles. The summed E-state index contributed by atoms with van der Waals surface area (Å²) in [7, 11) is -7.67. The summed E-state index contributed by atoms with van der Waals surface area (Å²) in [5.41, 5.74) is 1.26. The van der Waals surface area contributed by atoms with E-state index in [2.05, 4.69) is 9.71 Å². The van der Waals surface area contributed by atoms with E-state index < -0.39 is 42.4 Å². The monoisotopic (exact) mass is 585 g/mol. The third kappa shape index (κ3) is 5.08. The quantitative estimate of drug-likeness (QED) is 0.303. The number of nitrogens with one attached hydrogen (secondary N) is 2. The van der Waals surface area contributed by atoms with E-state index in [1.165, 1.54) is 29.8 Å². The largest absolute Gasteiger partial charge is 0.331 e. The lowest BCUT2D eigenvalue weighted by atomic mass is 10.0. The second-order valence-electron chi connectivity index (χ2n) is 10.1. The summed E-state index contributed by atoms with van der Waals surface area (Å²) in [5, 5.41) is -0.183. The van der Waals surface area contributed by atoms with E-state index in [9.17, 15) is 26.4 Å². The third-order valence-electron chi connectivity index (χ3n) is 7.11. The van der Waals surface area contributed by atoms with Crippen LogP contribution in [-0.4, -0.2) is 43.8 Å². The summed E-state index contributed by atoms with van der Waals surface area (Å²) in [4.78, 5) is 29.3. The van der Waals surface area contributed by atoms with Gasteiger partial charge in [0.05, 0.1) is 16.7 Å². The highest BCUT2D eigenvalue weighted by Gasteiger charge is 2.38. The number of benzene rings is 2. The molecule has 0 spiro atoms. The zero-order chi connectivity index (χ0) is 29.0. The number of halogens is 1. The Morgan fingerprint density at radius 2 is 1.85 bits per heavy atom. The number of sulfonamides is 1. The topological polar surface area (TPSA) is 135 Å². The Morgan fingerprint density at radius 3 is 2.48 bits per heavy atom. The van der Waals surface area contributed by atoms with E-state index in [0.29, 0.717) is 30.2 Å². The number of rotatable bonds is 8. The smallest absolute Gasteiger partial charge is 0.282 e. The molecule has 0 bridgehead atoms. The van der Waals surface area contributed by atoms with Crippen LogP contribution in [0.25, 0.3) is 22.0 Å². The Bertz CT molecular complexity index is 1960. The van der Waals surface area contributed by atoms with Crippen molar-refractivity contribution < 1.29 is 26.0 Å². The van der Waals surface area contributed by atoms with Crippen molar-refractivity contribution in [3.63, 3.8) is 0 Å². The summed E-state index contributed by atoms with van der Waals surface area (Å²) in [6, 6.07) is 10.8. The number of aromatic amines is 1. The van der Waals surface area contributed by atoms with Crippen LogP contribution in [0.15, 0.2) is 58.4 Å². The zero-order valence-corrected chi connectivity index (χ0v) is 23.7. The number of nitrogens with zero attached hydrogens (tertiary/aromatic N) is 1. The van der Waals surface area contributed by atoms with Crippen LogP contribution in [0.1, 0.15) is 46.9 Å². The molecule has 5 rings (SSSR count). The maximum atomic E-state index is 15.3. The van der Waals surface area contributed by atoms with Gasteiger partial charge in [0, 0.05) is 40.0 Å². The van der Waals surface area contributed by atoms with Gasteiger partial charge in [0.25, 0.3) is 11.5 Å². The van der Waals surface area contributed by atoms with Crippen LogP contribution in [0.5, 0.6) is 0 Å². The van der Waals surface area contributed by atoms with Gasteiger partial charge in [-0.2, -0.15) is 0 Å². The molecule has 9 nitrogen and oxygen atoms in total. The van der Waals surface area contributed by atoms with Crippen molar-refractivity contribution in [3.05, 3.63) is 87.2 Å². The lowest BCUT2D eigenvalue weighted by Gasteiger charge is -2.15. The van der Waals surface area contributed by atoms with Crippen molar-refractivity contribution in [2.75, 3.05) is 6.26 Å². The zero-order valence-electron chi connectivity index (χ0n) is 22.1. The minimum atomic E-state index is -3.98. The van der Waals surface area contributed by atoms with Crippen LogP contribution in [0, 0.1) is 12.7 Å². The predicted octanol–water partition coefficient (Wildman–Crippen LogP) is 3.68. The van der Waals surface area contributed by atoms with Crippen LogP contribution in [0.4, 0.5) is 4.39 Å². The molecule has 2 N–H and O–H groups in total. The fraction of sp³-hybridized carbons (Fsp3) is 0.286. The van der Waals surface area contributed by atoms with Crippen molar-refractivity contribution in [2.45, 2.75) is 49.8 Å². The fourth-order valence-electron chi connectivity index (χ4n) is 4.94. The second-order valence-corrected chi connectivity index (χ2v) is 14.0. The van der Waals surface area contributed by atoms with Gasteiger partial charge in [0.15, 0.2) is 9.84 Å². The van der Waals surface area contributed by atoms with Crippen LogP contribution in [0.3, 0.4) is 0 Å². The number of hydrogen-bond donors (Lipinski definition) is 2. The van der Waals surface area contributed by atoms with E-state index in [1.54, 1.807) is 12.1 Å². The average Bonchev–Trinajstić information content (AvgIpc) is 3.69. The number of hydrogen-bond acceptors (Lipinski definition) is 6. The highest BCUT2D eigenvalue weighted by atomic mass is 32.2. The standard InChI is InChI=1S/C28H28FN3O6S2/c1-4-17-7-10-23-21(13-17)25(20-6-5-11-30-27(20)33)26(28(34)31-40(37,38)19-8-9-19)32(23)15-18-14-24(39(3,35)36)16(2)12-22(18)29/h5-7,10-14,19H,4,8-9,15H2,1-3H3,(H,30,33)(H,31,34). The van der Waals surface area contributed by atoms with Gasteiger partial charge in [0.2, 0.25) is 10.0 Å². The minimum Gasteiger partial charge on any atom is -0.331 e. The number of carbonyl (C=O) groups is 1. The molecule has 0 atom stereocenters. The van der Waals surface area contributed by atoms with Crippen LogP contribution >= 0.6 is 0 Å². The normalized spacial score (nSPS) is 14.0.